The standard InChI is InChI=1S/C16H13BrN2OS/c1-9-5-6-11(13(17)7-9)15(20)19-16-12(8-18)10-3-2-4-14(10)21-16/h5-7H,2-4H2,1H3,(H,19,20). The van der Waals surface area contributed by atoms with E-state index < -0.39 is 0 Å². The number of hydrogen-bond donors (Lipinski definition) is 1. The molecule has 0 radical (unpaired) electrons. The second kappa shape index (κ2) is 5.63. The molecular formula is C16H13BrN2OS. The van der Waals surface area contributed by atoms with Gasteiger partial charge < -0.3 is 5.32 Å². The van der Waals surface area contributed by atoms with Crippen molar-refractivity contribution in [2.24, 2.45) is 0 Å². The first-order valence-corrected chi connectivity index (χ1v) is 8.33. The monoisotopic (exact) mass is 360 g/mol. The van der Waals surface area contributed by atoms with Gasteiger partial charge in [-0.25, -0.2) is 0 Å². The number of nitrogens with zero attached hydrogens (tertiary/aromatic N) is 1. The molecule has 0 saturated carbocycles. The number of hydrogen-bond acceptors (Lipinski definition) is 3. The van der Waals surface area contributed by atoms with Crippen molar-refractivity contribution in [3.05, 3.63) is 49.8 Å². The third-order valence-electron chi connectivity index (χ3n) is 3.63. The van der Waals surface area contributed by atoms with Gasteiger partial charge in [0.2, 0.25) is 0 Å². The van der Waals surface area contributed by atoms with Gasteiger partial charge in [0.25, 0.3) is 5.91 Å². The van der Waals surface area contributed by atoms with Gasteiger partial charge in [-0.1, -0.05) is 6.07 Å². The summed E-state index contributed by atoms with van der Waals surface area (Å²) in [6.45, 7) is 1.98. The molecular weight excluding hydrogens is 348 g/mol. The summed E-state index contributed by atoms with van der Waals surface area (Å²) in [7, 11) is 0. The van der Waals surface area contributed by atoms with Crippen molar-refractivity contribution in [3.8, 4) is 6.07 Å². The molecule has 2 aromatic rings. The third kappa shape index (κ3) is 2.61. The van der Waals surface area contributed by atoms with Crippen LogP contribution in [0, 0.1) is 18.3 Å². The highest BCUT2D eigenvalue weighted by atomic mass is 79.9. The number of benzene rings is 1. The van der Waals surface area contributed by atoms with Crippen LogP contribution in [0.15, 0.2) is 22.7 Å². The Morgan fingerprint density at radius 2 is 2.24 bits per heavy atom. The van der Waals surface area contributed by atoms with E-state index in [4.69, 9.17) is 0 Å². The van der Waals surface area contributed by atoms with Crippen molar-refractivity contribution >= 4 is 38.2 Å². The van der Waals surface area contributed by atoms with Gasteiger partial charge in [-0.3, -0.25) is 4.79 Å². The Hall–Kier alpha value is -1.64. The van der Waals surface area contributed by atoms with E-state index in [1.54, 1.807) is 6.07 Å². The van der Waals surface area contributed by atoms with Crippen LogP contribution in [-0.4, -0.2) is 5.91 Å². The van der Waals surface area contributed by atoms with E-state index in [0.29, 0.717) is 16.1 Å². The van der Waals surface area contributed by atoms with E-state index in [2.05, 4.69) is 27.3 Å². The largest absolute Gasteiger partial charge is 0.312 e. The maximum Gasteiger partial charge on any atom is 0.257 e. The lowest BCUT2D eigenvalue weighted by molar-refractivity contribution is 0.102. The summed E-state index contributed by atoms with van der Waals surface area (Å²) in [6, 6.07) is 7.85. The second-order valence-corrected chi connectivity index (χ2v) is 7.07. The lowest BCUT2D eigenvalue weighted by Crippen LogP contribution is -2.12. The summed E-state index contributed by atoms with van der Waals surface area (Å²) in [5, 5.41) is 12.9. The quantitative estimate of drug-likeness (QED) is 0.860. The van der Waals surface area contributed by atoms with Gasteiger partial charge in [0.1, 0.15) is 11.1 Å². The zero-order valence-electron chi connectivity index (χ0n) is 11.5. The Labute approximate surface area is 135 Å². The average molecular weight is 361 g/mol. The number of amides is 1. The molecule has 0 atom stereocenters. The minimum absolute atomic E-state index is 0.182. The Balaban J connectivity index is 1.91. The van der Waals surface area contributed by atoms with Crippen molar-refractivity contribution in [1.29, 1.82) is 5.26 Å². The van der Waals surface area contributed by atoms with Crippen LogP contribution in [0.25, 0.3) is 0 Å². The van der Waals surface area contributed by atoms with Crippen LogP contribution in [0.2, 0.25) is 0 Å². The Bertz CT molecular complexity index is 773. The minimum Gasteiger partial charge on any atom is -0.312 e. The molecule has 0 bridgehead atoms. The van der Waals surface area contributed by atoms with Crippen molar-refractivity contribution < 1.29 is 4.79 Å². The van der Waals surface area contributed by atoms with Crippen LogP contribution in [0.1, 0.15) is 38.3 Å². The fraction of sp³-hybridized carbons (Fsp3) is 0.250. The van der Waals surface area contributed by atoms with Gasteiger partial charge >= 0.3 is 0 Å². The Morgan fingerprint density at radius 1 is 1.43 bits per heavy atom. The Kier molecular flexibility index (Phi) is 3.83. The summed E-state index contributed by atoms with van der Waals surface area (Å²) in [6.07, 6.45) is 3.06. The first-order chi connectivity index (χ1) is 10.1. The first kappa shape index (κ1) is 14.3. The summed E-state index contributed by atoms with van der Waals surface area (Å²) >= 11 is 4.95. The predicted octanol–water partition coefficient (Wildman–Crippen LogP) is 4.43. The number of anilines is 1. The van der Waals surface area contributed by atoms with Crippen molar-refractivity contribution in [2.75, 3.05) is 5.32 Å². The summed E-state index contributed by atoms with van der Waals surface area (Å²) in [5.41, 5.74) is 3.44. The van der Waals surface area contributed by atoms with Crippen molar-refractivity contribution in [2.45, 2.75) is 26.2 Å². The van der Waals surface area contributed by atoms with Crippen molar-refractivity contribution in [3.63, 3.8) is 0 Å². The lowest BCUT2D eigenvalue weighted by atomic mass is 10.1. The fourth-order valence-electron chi connectivity index (χ4n) is 2.59. The minimum atomic E-state index is -0.182. The third-order valence-corrected chi connectivity index (χ3v) is 5.49. The highest BCUT2D eigenvalue weighted by Gasteiger charge is 2.23. The van der Waals surface area contributed by atoms with Crippen LogP contribution in [0.4, 0.5) is 5.00 Å². The molecule has 0 fully saturated rings. The van der Waals surface area contributed by atoms with Gasteiger partial charge in [-0.15, -0.1) is 11.3 Å². The molecule has 3 nitrogen and oxygen atoms in total. The van der Waals surface area contributed by atoms with E-state index in [9.17, 15) is 10.1 Å². The molecule has 106 valence electrons. The molecule has 1 aromatic heterocycles. The molecule has 1 aromatic carbocycles. The van der Waals surface area contributed by atoms with E-state index in [1.165, 1.54) is 16.2 Å². The normalized spacial score (nSPS) is 12.8. The van der Waals surface area contributed by atoms with E-state index in [0.717, 1.165) is 34.9 Å². The SMILES string of the molecule is Cc1ccc(C(=O)Nc2sc3c(c2C#N)CCC3)c(Br)c1. The van der Waals surface area contributed by atoms with Crippen LogP contribution < -0.4 is 5.32 Å². The summed E-state index contributed by atoms with van der Waals surface area (Å²) in [4.78, 5) is 13.6. The van der Waals surface area contributed by atoms with Gasteiger partial charge in [-0.2, -0.15) is 5.26 Å². The molecule has 1 aliphatic carbocycles. The number of rotatable bonds is 2. The lowest BCUT2D eigenvalue weighted by Gasteiger charge is -2.06. The van der Waals surface area contributed by atoms with Gasteiger partial charge in [0.05, 0.1) is 11.1 Å². The van der Waals surface area contributed by atoms with Crippen LogP contribution >= 0.6 is 27.3 Å². The molecule has 1 aliphatic rings. The molecule has 0 aliphatic heterocycles. The number of carbonyl (C=O) groups is 1. The summed E-state index contributed by atoms with van der Waals surface area (Å²) in [5.74, 6) is -0.182. The fourth-order valence-corrected chi connectivity index (χ4v) is 4.49. The number of halogens is 1. The smallest absolute Gasteiger partial charge is 0.257 e. The predicted molar refractivity (Wildman–Crippen MR) is 87.9 cm³/mol. The maximum atomic E-state index is 12.4. The number of nitriles is 1. The highest BCUT2D eigenvalue weighted by Crippen LogP contribution is 2.38. The number of aryl methyl sites for hydroxylation is 2. The highest BCUT2D eigenvalue weighted by molar-refractivity contribution is 9.10. The molecule has 1 N–H and O–H groups in total. The van der Waals surface area contributed by atoms with E-state index in [-0.39, 0.29) is 5.91 Å². The molecule has 1 amide bonds. The van der Waals surface area contributed by atoms with Gasteiger partial charge in [0, 0.05) is 9.35 Å². The van der Waals surface area contributed by atoms with Crippen LogP contribution in [0.5, 0.6) is 0 Å². The maximum absolute atomic E-state index is 12.4. The van der Waals surface area contributed by atoms with Gasteiger partial charge in [-0.05, 0) is 65.4 Å². The molecule has 5 heteroatoms. The topological polar surface area (TPSA) is 52.9 Å². The second-order valence-electron chi connectivity index (χ2n) is 5.11. The molecule has 21 heavy (non-hydrogen) atoms. The number of thiophene rings is 1. The average Bonchev–Trinajstić information content (AvgIpc) is 2.98. The zero-order valence-corrected chi connectivity index (χ0v) is 13.9. The van der Waals surface area contributed by atoms with E-state index >= 15 is 0 Å². The first-order valence-electron chi connectivity index (χ1n) is 6.72. The molecule has 3 rings (SSSR count). The van der Waals surface area contributed by atoms with E-state index in [1.807, 2.05) is 19.1 Å². The van der Waals surface area contributed by atoms with Crippen LogP contribution in [0.3, 0.4) is 0 Å². The van der Waals surface area contributed by atoms with Gasteiger partial charge in [0.15, 0.2) is 0 Å². The molecule has 0 unspecified atom stereocenters. The Morgan fingerprint density at radius 3 is 2.95 bits per heavy atom. The molecule has 1 heterocycles. The van der Waals surface area contributed by atoms with Crippen molar-refractivity contribution in [1.82, 2.24) is 0 Å². The zero-order chi connectivity index (χ0) is 15.0. The number of carbonyl (C=O) groups excluding carboxylic acids is 1. The number of nitrogens with one attached hydrogen (secondary N) is 1. The molecule has 0 saturated heterocycles. The summed E-state index contributed by atoms with van der Waals surface area (Å²) < 4.78 is 0.766. The molecule has 0 spiro atoms. The van der Waals surface area contributed by atoms with Crippen LogP contribution in [-0.2, 0) is 12.8 Å². The number of fused-ring (bicyclic) bond motifs is 1.